The Bertz CT molecular complexity index is 542. The first kappa shape index (κ1) is 10.3. The van der Waals surface area contributed by atoms with Crippen molar-refractivity contribution in [1.29, 1.82) is 0 Å². The van der Waals surface area contributed by atoms with Gasteiger partial charge in [-0.15, -0.1) is 0 Å². The van der Waals surface area contributed by atoms with E-state index in [1.165, 1.54) is 0 Å². The number of nitrogens with two attached hydrogens (primary N) is 1. The Hall–Kier alpha value is -1.82. The van der Waals surface area contributed by atoms with Crippen LogP contribution in [0.25, 0.3) is 11.0 Å². The van der Waals surface area contributed by atoms with Gasteiger partial charge in [-0.05, 0) is 41.7 Å². The summed E-state index contributed by atoms with van der Waals surface area (Å²) in [5, 5.41) is 20.4. The van der Waals surface area contributed by atoms with E-state index in [1.807, 2.05) is 6.07 Å². The number of rotatable bonds is 3. The van der Waals surface area contributed by atoms with Crippen LogP contribution in [0.1, 0.15) is 19.3 Å². The van der Waals surface area contributed by atoms with Gasteiger partial charge < -0.3 is 16.2 Å². The smallest absolute Gasteiger partial charge is 0.160 e. The molecule has 0 saturated heterocycles. The number of aliphatic hydroxyl groups excluding tert-OH is 1. The highest BCUT2D eigenvalue weighted by molar-refractivity contribution is 5.95. The summed E-state index contributed by atoms with van der Waals surface area (Å²) in [6.45, 7) is 0.115. The quantitative estimate of drug-likeness (QED) is 0.689. The van der Waals surface area contributed by atoms with Crippen LogP contribution in [0.5, 0.6) is 0 Å². The lowest BCUT2D eigenvalue weighted by molar-refractivity contribution is 0.144. The minimum atomic E-state index is -0.220. The van der Waals surface area contributed by atoms with Crippen LogP contribution in [-0.4, -0.2) is 27.6 Å². The number of nitrogen functional groups attached to an aromatic ring is 1. The molecule has 0 radical (unpaired) electrons. The van der Waals surface area contributed by atoms with Gasteiger partial charge in [0.15, 0.2) is 11.0 Å². The van der Waals surface area contributed by atoms with Crippen molar-refractivity contribution in [1.82, 2.24) is 10.3 Å². The van der Waals surface area contributed by atoms with E-state index in [-0.39, 0.29) is 12.1 Å². The van der Waals surface area contributed by atoms with E-state index in [4.69, 9.17) is 10.4 Å². The largest absolute Gasteiger partial charge is 0.397 e. The van der Waals surface area contributed by atoms with Crippen molar-refractivity contribution in [3.05, 3.63) is 12.1 Å². The third-order valence-electron chi connectivity index (χ3n) is 3.46. The molecule has 90 valence electrons. The second-order valence-corrected chi connectivity index (χ2v) is 4.58. The summed E-state index contributed by atoms with van der Waals surface area (Å²) in [5.74, 6) is 0. The Morgan fingerprint density at radius 1 is 1.35 bits per heavy atom. The van der Waals surface area contributed by atoms with Gasteiger partial charge in [-0.25, -0.2) is 4.63 Å². The third-order valence-corrected chi connectivity index (χ3v) is 3.46. The van der Waals surface area contributed by atoms with Crippen molar-refractivity contribution in [2.24, 2.45) is 0 Å². The van der Waals surface area contributed by atoms with Gasteiger partial charge in [-0.3, -0.25) is 0 Å². The summed E-state index contributed by atoms with van der Waals surface area (Å²) in [7, 11) is 0. The average molecular weight is 234 g/mol. The Kier molecular flexibility index (Phi) is 2.19. The van der Waals surface area contributed by atoms with Crippen molar-refractivity contribution < 1.29 is 9.74 Å². The molecule has 1 aliphatic carbocycles. The van der Waals surface area contributed by atoms with Gasteiger partial charge >= 0.3 is 0 Å². The van der Waals surface area contributed by atoms with E-state index in [2.05, 4.69) is 15.6 Å². The molecule has 1 heterocycles. The van der Waals surface area contributed by atoms with Crippen molar-refractivity contribution >= 4 is 22.4 Å². The lowest BCUT2D eigenvalue weighted by Gasteiger charge is -2.41. The van der Waals surface area contributed by atoms with Crippen LogP contribution in [0.3, 0.4) is 0 Å². The molecule has 4 N–H and O–H groups in total. The van der Waals surface area contributed by atoms with Gasteiger partial charge in [-0.2, -0.15) is 0 Å². The van der Waals surface area contributed by atoms with E-state index in [0.29, 0.717) is 16.7 Å². The Morgan fingerprint density at radius 2 is 2.12 bits per heavy atom. The molecule has 6 nitrogen and oxygen atoms in total. The van der Waals surface area contributed by atoms with Crippen LogP contribution in [0.15, 0.2) is 16.8 Å². The van der Waals surface area contributed by atoms with Gasteiger partial charge in [0.05, 0.1) is 23.5 Å². The molecule has 0 bridgehead atoms. The monoisotopic (exact) mass is 234 g/mol. The van der Waals surface area contributed by atoms with Crippen molar-refractivity contribution in [3.8, 4) is 0 Å². The van der Waals surface area contributed by atoms with E-state index in [9.17, 15) is 5.11 Å². The maximum atomic E-state index is 9.43. The predicted molar refractivity (Wildman–Crippen MR) is 63.5 cm³/mol. The average Bonchev–Trinajstić information content (AvgIpc) is 2.76. The molecule has 6 heteroatoms. The Balaban J connectivity index is 2.00. The molecule has 1 aromatic heterocycles. The van der Waals surface area contributed by atoms with Crippen molar-refractivity contribution in [2.45, 2.75) is 24.8 Å². The molecule has 3 rings (SSSR count). The lowest BCUT2D eigenvalue weighted by Crippen LogP contribution is -2.48. The van der Waals surface area contributed by atoms with Crippen LogP contribution in [-0.2, 0) is 0 Å². The first-order chi connectivity index (χ1) is 8.24. The summed E-state index contributed by atoms with van der Waals surface area (Å²) in [5.41, 5.74) is 8.08. The Labute approximate surface area is 97.8 Å². The molecule has 0 atom stereocenters. The van der Waals surface area contributed by atoms with Crippen molar-refractivity contribution in [3.63, 3.8) is 0 Å². The highest BCUT2D eigenvalue weighted by Crippen LogP contribution is 2.37. The number of aromatic nitrogens is 2. The van der Waals surface area contributed by atoms with E-state index >= 15 is 0 Å². The predicted octanol–water partition coefficient (Wildman–Crippen LogP) is 1.13. The maximum Gasteiger partial charge on any atom is 0.160 e. The molecule has 17 heavy (non-hydrogen) atoms. The topological polar surface area (TPSA) is 97.2 Å². The molecule has 1 saturated carbocycles. The first-order valence-corrected chi connectivity index (χ1v) is 5.64. The fourth-order valence-corrected chi connectivity index (χ4v) is 2.20. The molecule has 1 aromatic carbocycles. The number of hydrogen-bond donors (Lipinski definition) is 3. The van der Waals surface area contributed by atoms with E-state index in [0.717, 1.165) is 24.9 Å². The zero-order valence-corrected chi connectivity index (χ0v) is 9.31. The molecular weight excluding hydrogens is 220 g/mol. The minimum absolute atomic E-state index is 0.115. The van der Waals surface area contributed by atoms with Crippen LogP contribution < -0.4 is 11.1 Å². The zero-order chi connectivity index (χ0) is 11.9. The third kappa shape index (κ3) is 1.52. The zero-order valence-electron chi connectivity index (χ0n) is 9.31. The number of benzene rings is 1. The molecule has 0 spiro atoms. The number of anilines is 2. The van der Waals surface area contributed by atoms with Gasteiger partial charge in [0.1, 0.15) is 0 Å². The number of hydrogen-bond acceptors (Lipinski definition) is 6. The standard InChI is InChI=1S/C11H14N4O2/c12-7-2-3-8(10-9(7)14-17-15-10)13-11(6-16)4-1-5-11/h2-3,13,16H,1,4-6,12H2. The van der Waals surface area contributed by atoms with Crippen molar-refractivity contribution in [2.75, 3.05) is 17.7 Å². The molecule has 0 unspecified atom stereocenters. The number of aliphatic hydroxyl groups is 1. The summed E-state index contributed by atoms with van der Waals surface area (Å²) >= 11 is 0. The molecule has 2 aromatic rings. The highest BCUT2D eigenvalue weighted by Gasteiger charge is 2.36. The number of nitrogens with zero attached hydrogens (tertiary/aromatic N) is 2. The maximum absolute atomic E-state index is 9.43. The second kappa shape index (κ2) is 3.59. The van der Waals surface area contributed by atoms with E-state index in [1.54, 1.807) is 6.07 Å². The van der Waals surface area contributed by atoms with Crippen LogP contribution >= 0.6 is 0 Å². The summed E-state index contributed by atoms with van der Waals surface area (Å²) in [6.07, 6.45) is 3.05. The van der Waals surface area contributed by atoms with E-state index < -0.39 is 0 Å². The highest BCUT2D eigenvalue weighted by atomic mass is 16.6. The molecule has 1 aliphatic rings. The molecular formula is C11H14N4O2. The fraction of sp³-hybridized carbons (Fsp3) is 0.455. The first-order valence-electron chi connectivity index (χ1n) is 5.64. The summed E-state index contributed by atoms with van der Waals surface area (Å²) in [4.78, 5) is 0. The fourth-order valence-electron chi connectivity index (χ4n) is 2.20. The molecule has 0 aliphatic heterocycles. The van der Waals surface area contributed by atoms with Crippen LogP contribution in [0.2, 0.25) is 0 Å². The van der Waals surface area contributed by atoms with Gasteiger partial charge in [0.25, 0.3) is 0 Å². The second-order valence-electron chi connectivity index (χ2n) is 4.58. The SMILES string of the molecule is Nc1ccc(NC2(CO)CCC2)c2nonc12. The van der Waals surface area contributed by atoms with Gasteiger partial charge in [0.2, 0.25) is 0 Å². The van der Waals surface area contributed by atoms with Crippen LogP contribution in [0.4, 0.5) is 11.4 Å². The number of fused-ring (bicyclic) bond motifs is 1. The van der Waals surface area contributed by atoms with Gasteiger partial charge in [-0.1, -0.05) is 0 Å². The molecule has 1 fully saturated rings. The van der Waals surface area contributed by atoms with Crippen LogP contribution in [0, 0.1) is 0 Å². The summed E-state index contributed by atoms with van der Waals surface area (Å²) in [6, 6.07) is 3.61. The normalized spacial score (nSPS) is 17.9. The summed E-state index contributed by atoms with van der Waals surface area (Å²) < 4.78 is 4.70. The Morgan fingerprint density at radius 3 is 2.76 bits per heavy atom. The van der Waals surface area contributed by atoms with Gasteiger partial charge in [0, 0.05) is 0 Å². The number of nitrogens with one attached hydrogen (secondary N) is 1. The lowest BCUT2D eigenvalue weighted by atomic mass is 9.77. The minimum Gasteiger partial charge on any atom is -0.397 e. The molecule has 0 amide bonds.